The van der Waals surface area contributed by atoms with Gasteiger partial charge in [0.25, 0.3) is 5.69 Å². The molecule has 0 aliphatic heterocycles. The summed E-state index contributed by atoms with van der Waals surface area (Å²) in [4.78, 5) is 9.86. The second kappa shape index (κ2) is 4.54. The summed E-state index contributed by atoms with van der Waals surface area (Å²) < 4.78 is 12.4. The zero-order valence-electron chi connectivity index (χ0n) is 7.48. The fraction of sp³-hybridized carbons (Fsp3) is 0.250. The molecule has 5 nitrogen and oxygen atoms in total. The number of alkyl halides is 1. The predicted molar refractivity (Wildman–Crippen MR) is 55.4 cm³/mol. The minimum atomic E-state index is -1.07. The molecule has 0 aliphatic rings. The summed E-state index contributed by atoms with van der Waals surface area (Å²) in [5.41, 5.74) is 5.12. The number of nitrogens with zero attached hydrogens (tertiary/aromatic N) is 1. The van der Waals surface area contributed by atoms with Crippen LogP contribution in [0.4, 0.5) is 10.1 Å². The molecular weight excluding hydrogens is 271 g/mol. The summed E-state index contributed by atoms with van der Waals surface area (Å²) in [6.45, 7) is -0.902. The number of nitro groups is 1. The van der Waals surface area contributed by atoms with Gasteiger partial charge in [-0.15, -0.1) is 0 Å². The lowest BCUT2D eigenvalue weighted by molar-refractivity contribution is -0.385. The van der Waals surface area contributed by atoms with Crippen LogP contribution in [-0.4, -0.2) is 16.7 Å². The molecule has 0 saturated heterocycles. The van der Waals surface area contributed by atoms with E-state index in [1.807, 2.05) is 0 Å². The van der Waals surface area contributed by atoms with E-state index in [2.05, 4.69) is 15.9 Å². The highest BCUT2D eigenvalue weighted by atomic mass is 79.9. The Labute approximate surface area is 93.0 Å². The highest BCUT2D eigenvalue weighted by Crippen LogP contribution is 2.35. The number of nitro benzene ring substituents is 1. The highest BCUT2D eigenvalue weighted by Gasteiger charge is 2.19. The lowest BCUT2D eigenvalue weighted by atomic mass is 10.1. The number of halogens is 2. The minimum Gasteiger partial charge on any atom is -0.506 e. The zero-order chi connectivity index (χ0) is 11.6. The lowest BCUT2D eigenvalue weighted by Gasteiger charge is -2.10. The van der Waals surface area contributed by atoms with Crippen LogP contribution in [0.3, 0.4) is 0 Å². The van der Waals surface area contributed by atoms with Crippen LogP contribution in [0, 0.1) is 10.1 Å². The lowest BCUT2D eigenvalue weighted by Crippen LogP contribution is -2.12. The monoisotopic (exact) mass is 278 g/mol. The molecule has 0 amide bonds. The first-order chi connectivity index (χ1) is 6.97. The Morgan fingerprint density at radius 1 is 1.67 bits per heavy atom. The largest absolute Gasteiger partial charge is 0.506 e. The average molecular weight is 279 g/mol. The van der Waals surface area contributed by atoms with E-state index in [1.165, 1.54) is 0 Å². The Morgan fingerprint density at radius 2 is 2.27 bits per heavy atom. The molecule has 7 heteroatoms. The first-order valence-electron chi connectivity index (χ1n) is 3.95. The van der Waals surface area contributed by atoms with E-state index in [-0.39, 0.29) is 21.5 Å². The second-order valence-electron chi connectivity index (χ2n) is 2.88. The van der Waals surface area contributed by atoms with Crippen molar-refractivity contribution in [2.45, 2.75) is 6.04 Å². The topological polar surface area (TPSA) is 89.4 Å². The maximum atomic E-state index is 12.3. The summed E-state index contributed by atoms with van der Waals surface area (Å²) in [5.74, 6) is -0.272. The third-order valence-electron chi connectivity index (χ3n) is 1.85. The Morgan fingerprint density at radius 3 is 2.73 bits per heavy atom. The number of phenolic OH excluding ortho intramolecular Hbond substituents is 1. The van der Waals surface area contributed by atoms with Crippen LogP contribution in [-0.2, 0) is 0 Å². The van der Waals surface area contributed by atoms with Crippen LogP contribution in [0.2, 0.25) is 0 Å². The van der Waals surface area contributed by atoms with Crippen LogP contribution in [0.25, 0.3) is 0 Å². The molecule has 0 aromatic heterocycles. The molecule has 0 radical (unpaired) electrons. The number of hydrogen-bond donors (Lipinski definition) is 2. The van der Waals surface area contributed by atoms with Crippen molar-refractivity contribution in [2.24, 2.45) is 5.73 Å². The average Bonchev–Trinajstić information content (AvgIpc) is 2.20. The normalized spacial score (nSPS) is 12.5. The molecule has 0 spiro atoms. The summed E-state index contributed by atoms with van der Waals surface area (Å²) in [7, 11) is 0. The van der Waals surface area contributed by atoms with Gasteiger partial charge in [0.1, 0.15) is 12.4 Å². The molecule has 0 saturated carbocycles. The van der Waals surface area contributed by atoms with E-state index in [0.29, 0.717) is 0 Å². The zero-order valence-corrected chi connectivity index (χ0v) is 9.07. The van der Waals surface area contributed by atoms with Gasteiger partial charge in [0.2, 0.25) is 0 Å². The fourth-order valence-electron chi connectivity index (χ4n) is 1.08. The maximum absolute atomic E-state index is 12.3. The number of aromatic hydroxyl groups is 1. The van der Waals surface area contributed by atoms with Crippen molar-refractivity contribution in [3.8, 4) is 5.75 Å². The first-order valence-corrected chi connectivity index (χ1v) is 4.75. The van der Waals surface area contributed by atoms with Crippen molar-refractivity contribution in [3.63, 3.8) is 0 Å². The van der Waals surface area contributed by atoms with E-state index in [1.54, 1.807) is 0 Å². The number of phenols is 1. The van der Waals surface area contributed by atoms with Crippen LogP contribution in [0.15, 0.2) is 16.6 Å². The second-order valence-corrected chi connectivity index (χ2v) is 3.74. The van der Waals surface area contributed by atoms with Gasteiger partial charge in [0, 0.05) is 17.7 Å². The Kier molecular flexibility index (Phi) is 3.59. The molecule has 82 valence electrons. The number of rotatable bonds is 3. The van der Waals surface area contributed by atoms with Gasteiger partial charge in [0.05, 0.1) is 15.4 Å². The van der Waals surface area contributed by atoms with Gasteiger partial charge in [-0.25, -0.2) is 4.39 Å². The van der Waals surface area contributed by atoms with Crippen LogP contribution >= 0.6 is 15.9 Å². The van der Waals surface area contributed by atoms with Crippen molar-refractivity contribution >= 4 is 21.6 Å². The van der Waals surface area contributed by atoms with E-state index in [9.17, 15) is 19.6 Å². The summed E-state index contributed by atoms with van der Waals surface area (Å²) >= 11 is 2.93. The van der Waals surface area contributed by atoms with Gasteiger partial charge in [-0.3, -0.25) is 10.1 Å². The molecule has 0 bridgehead atoms. The Balaban J connectivity index is 3.31. The van der Waals surface area contributed by atoms with E-state index in [0.717, 1.165) is 12.1 Å². The predicted octanol–water partition coefficient (Wildman–Crippen LogP) is 2.03. The van der Waals surface area contributed by atoms with Crippen molar-refractivity contribution in [3.05, 3.63) is 32.3 Å². The van der Waals surface area contributed by atoms with Gasteiger partial charge in [-0.1, -0.05) is 0 Å². The van der Waals surface area contributed by atoms with Crippen LogP contribution in [0.5, 0.6) is 5.75 Å². The smallest absolute Gasteiger partial charge is 0.271 e. The number of hydrogen-bond acceptors (Lipinski definition) is 4. The first kappa shape index (κ1) is 11.9. The van der Waals surface area contributed by atoms with Crippen molar-refractivity contribution in [1.82, 2.24) is 0 Å². The molecule has 1 aromatic carbocycles. The van der Waals surface area contributed by atoms with Gasteiger partial charge < -0.3 is 10.8 Å². The molecule has 0 fully saturated rings. The minimum absolute atomic E-state index is 0.0126. The molecule has 1 aromatic rings. The standard InChI is InChI=1S/C8H8BrFN2O3/c9-6-2-4(12(14)15)1-5(8(6)13)7(11)3-10/h1-2,7,13H,3,11H2/t7-/m0/s1. The van der Waals surface area contributed by atoms with Crippen molar-refractivity contribution in [2.75, 3.05) is 6.67 Å². The quantitative estimate of drug-likeness (QED) is 0.654. The van der Waals surface area contributed by atoms with E-state index in [4.69, 9.17) is 5.73 Å². The molecule has 3 N–H and O–H groups in total. The van der Waals surface area contributed by atoms with Gasteiger partial charge in [-0.05, 0) is 15.9 Å². The molecule has 15 heavy (non-hydrogen) atoms. The third kappa shape index (κ3) is 2.42. The number of nitrogens with two attached hydrogens (primary N) is 1. The molecule has 0 heterocycles. The summed E-state index contributed by atoms with van der Waals surface area (Å²) in [6, 6.07) is 1.12. The van der Waals surface area contributed by atoms with Gasteiger partial charge in [0.15, 0.2) is 0 Å². The summed E-state index contributed by atoms with van der Waals surface area (Å²) in [5, 5.41) is 20.0. The van der Waals surface area contributed by atoms with Crippen LogP contribution < -0.4 is 5.73 Å². The Hall–Kier alpha value is -1.21. The third-order valence-corrected chi connectivity index (χ3v) is 2.46. The number of non-ortho nitro benzene ring substituents is 1. The fourth-order valence-corrected chi connectivity index (χ4v) is 1.54. The number of benzene rings is 1. The SMILES string of the molecule is N[C@@H](CF)c1cc([N+](=O)[O-])cc(Br)c1O. The summed E-state index contributed by atoms with van der Waals surface area (Å²) in [6.07, 6.45) is 0. The molecule has 0 aliphatic carbocycles. The van der Waals surface area contributed by atoms with Crippen molar-refractivity contribution < 1.29 is 14.4 Å². The van der Waals surface area contributed by atoms with Crippen molar-refractivity contribution in [1.29, 1.82) is 0 Å². The molecule has 0 unspecified atom stereocenters. The van der Waals surface area contributed by atoms with Gasteiger partial charge in [-0.2, -0.15) is 0 Å². The molecule has 1 atom stereocenters. The molecular formula is C8H8BrFN2O3. The highest BCUT2D eigenvalue weighted by molar-refractivity contribution is 9.10. The van der Waals surface area contributed by atoms with Gasteiger partial charge >= 0.3 is 0 Å². The Bertz CT molecular complexity index is 400. The van der Waals surface area contributed by atoms with E-state index < -0.39 is 17.6 Å². The van der Waals surface area contributed by atoms with Crippen LogP contribution in [0.1, 0.15) is 11.6 Å². The maximum Gasteiger partial charge on any atom is 0.271 e. The molecule has 1 rings (SSSR count). The van der Waals surface area contributed by atoms with E-state index >= 15 is 0 Å².